The molecular formula is C11H22N2O2. The van der Waals surface area contributed by atoms with Crippen molar-refractivity contribution in [1.29, 1.82) is 0 Å². The minimum absolute atomic E-state index is 0.0317. The monoisotopic (exact) mass is 214 g/mol. The number of carbonyl (C=O) groups excluding carboxylic acids is 1. The van der Waals surface area contributed by atoms with Gasteiger partial charge in [-0.1, -0.05) is 0 Å². The molecule has 0 radical (unpaired) electrons. The summed E-state index contributed by atoms with van der Waals surface area (Å²) in [5.74, 6) is 0.633. The third kappa shape index (κ3) is 4.18. The molecule has 15 heavy (non-hydrogen) atoms. The summed E-state index contributed by atoms with van der Waals surface area (Å²) in [7, 11) is 1.62. The molecule has 88 valence electrons. The van der Waals surface area contributed by atoms with Gasteiger partial charge in [0.15, 0.2) is 0 Å². The highest BCUT2D eigenvalue weighted by atomic mass is 16.5. The van der Waals surface area contributed by atoms with Crippen molar-refractivity contribution in [3.63, 3.8) is 0 Å². The maximum atomic E-state index is 11.7. The van der Waals surface area contributed by atoms with Gasteiger partial charge in [0.25, 0.3) is 0 Å². The number of hydrogen-bond acceptors (Lipinski definition) is 3. The van der Waals surface area contributed by atoms with Crippen LogP contribution in [0.25, 0.3) is 0 Å². The van der Waals surface area contributed by atoms with Gasteiger partial charge in [-0.2, -0.15) is 0 Å². The van der Waals surface area contributed by atoms with E-state index in [1.165, 1.54) is 12.8 Å². The Kier molecular flexibility index (Phi) is 4.11. The molecule has 4 nitrogen and oxygen atoms in total. The lowest BCUT2D eigenvalue weighted by Gasteiger charge is -2.24. The van der Waals surface area contributed by atoms with Crippen molar-refractivity contribution in [1.82, 2.24) is 5.32 Å². The molecule has 1 atom stereocenters. The third-order valence-electron chi connectivity index (χ3n) is 2.93. The van der Waals surface area contributed by atoms with Crippen LogP contribution in [-0.2, 0) is 9.53 Å². The van der Waals surface area contributed by atoms with E-state index in [0.29, 0.717) is 18.9 Å². The van der Waals surface area contributed by atoms with Crippen LogP contribution in [0.2, 0.25) is 0 Å². The molecule has 1 aliphatic rings. The molecule has 0 aromatic rings. The van der Waals surface area contributed by atoms with E-state index in [1.807, 2.05) is 13.8 Å². The molecule has 1 saturated carbocycles. The largest absolute Gasteiger partial charge is 0.378 e. The minimum Gasteiger partial charge on any atom is -0.378 e. The lowest BCUT2D eigenvalue weighted by molar-refractivity contribution is -0.126. The van der Waals surface area contributed by atoms with E-state index < -0.39 is 5.60 Å². The lowest BCUT2D eigenvalue weighted by atomic mass is 10.0. The first-order valence-corrected chi connectivity index (χ1v) is 5.53. The van der Waals surface area contributed by atoms with Crippen LogP contribution < -0.4 is 11.1 Å². The summed E-state index contributed by atoms with van der Waals surface area (Å²) in [5.41, 5.74) is 5.22. The van der Waals surface area contributed by atoms with Gasteiger partial charge in [0.1, 0.15) is 0 Å². The first kappa shape index (κ1) is 12.5. The Morgan fingerprint density at radius 2 is 2.20 bits per heavy atom. The van der Waals surface area contributed by atoms with Crippen LogP contribution in [0.5, 0.6) is 0 Å². The van der Waals surface area contributed by atoms with Crippen LogP contribution in [0.1, 0.15) is 33.1 Å². The number of rotatable bonds is 6. The molecule has 1 aliphatic carbocycles. The number of carbonyl (C=O) groups is 1. The first-order chi connectivity index (χ1) is 6.98. The molecule has 1 rings (SSSR count). The fraction of sp³-hybridized carbons (Fsp3) is 0.909. The zero-order chi connectivity index (χ0) is 11.5. The molecule has 0 aliphatic heterocycles. The summed E-state index contributed by atoms with van der Waals surface area (Å²) < 4.78 is 5.21. The highest BCUT2D eigenvalue weighted by molar-refractivity contribution is 5.77. The van der Waals surface area contributed by atoms with Gasteiger partial charge >= 0.3 is 0 Å². The zero-order valence-electron chi connectivity index (χ0n) is 9.88. The topological polar surface area (TPSA) is 64.3 Å². The van der Waals surface area contributed by atoms with Crippen molar-refractivity contribution in [2.24, 2.45) is 11.7 Å². The second kappa shape index (κ2) is 4.94. The second-order valence-electron chi connectivity index (χ2n) is 4.89. The smallest absolute Gasteiger partial charge is 0.223 e. The predicted octanol–water partition coefficient (Wildman–Crippen LogP) is 0.655. The van der Waals surface area contributed by atoms with Gasteiger partial charge in [-0.3, -0.25) is 4.79 Å². The predicted molar refractivity (Wildman–Crippen MR) is 59.4 cm³/mol. The van der Waals surface area contributed by atoms with E-state index in [1.54, 1.807) is 7.11 Å². The van der Waals surface area contributed by atoms with Crippen molar-refractivity contribution in [2.75, 3.05) is 13.7 Å². The number of nitrogens with two attached hydrogens (primary N) is 1. The van der Waals surface area contributed by atoms with E-state index in [4.69, 9.17) is 10.5 Å². The van der Waals surface area contributed by atoms with Crippen LogP contribution in [0.15, 0.2) is 0 Å². The highest BCUT2D eigenvalue weighted by Crippen LogP contribution is 2.32. The maximum absolute atomic E-state index is 11.7. The minimum atomic E-state index is -0.396. The number of nitrogens with one attached hydrogen (secondary N) is 1. The molecule has 0 spiro atoms. The summed E-state index contributed by atoms with van der Waals surface area (Å²) in [6.45, 7) is 4.34. The fourth-order valence-electron chi connectivity index (χ4n) is 1.58. The molecule has 0 saturated heterocycles. The Balaban J connectivity index is 2.33. The SMILES string of the molecule is COC(C)(C)CC(=O)NC(CN)C1CC1. The van der Waals surface area contributed by atoms with Gasteiger partial charge in [-0.05, 0) is 32.6 Å². The zero-order valence-corrected chi connectivity index (χ0v) is 9.88. The molecular weight excluding hydrogens is 192 g/mol. The van der Waals surface area contributed by atoms with Gasteiger partial charge in [0.2, 0.25) is 5.91 Å². The van der Waals surface area contributed by atoms with Crippen molar-refractivity contribution in [2.45, 2.75) is 44.8 Å². The van der Waals surface area contributed by atoms with Gasteiger partial charge in [0, 0.05) is 19.7 Å². The van der Waals surface area contributed by atoms with Crippen molar-refractivity contribution in [3.8, 4) is 0 Å². The maximum Gasteiger partial charge on any atom is 0.223 e. The molecule has 0 heterocycles. The van der Waals surface area contributed by atoms with Crippen LogP contribution in [-0.4, -0.2) is 31.2 Å². The van der Waals surface area contributed by atoms with Crippen molar-refractivity contribution in [3.05, 3.63) is 0 Å². The van der Waals surface area contributed by atoms with Crippen molar-refractivity contribution < 1.29 is 9.53 Å². The summed E-state index contributed by atoms with van der Waals surface area (Å²) in [6.07, 6.45) is 2.76. The number of hydrogen-bond donors (Lipinski definition) is 2. The average molecular weight is 214 g/mol. The van der Waals surface area contributed by atoms with Crippen LogP contribution >= 0.6 is 0 Å². The van der Waals surface area contributed by atoms with Gasteiger partial charge < -0.3 is 15.8 Å². The Morgan fingerprint density at radius 1 is 1.60 bits per heavy atom. The molecule has 1 fully saturated rings. The van der Waals surface area contributed by atoms with Crippen molar-refractivity contribution >= 4 is 5.91 Å². The van der Waals surface area contributed by atoms with E-state index in [9.17, 15) is 4.79 Å². The Morgan fingerprint density at radius 3 is 2.60 bits per heavy atom. The summed E-state index contributed by atoms with van der Waals surface area (Å²) >= 11 is 0. The molecule has 4 heteroatoms. The summed E-state index contributed by atoms with van der Waals surface area (Å²) in [4.78, 5) is 11.7. The van der Waals surface area contributed by atoms with Crippen LogP contribution in [0, 0.1) is 5.92 Å². The number of methoxy groups -OCH3 is 1. The van der Waals surface area contributed by atoms with E-state index in [2.05, 4.69) is 5.32 Å². The first-order valence-electron chi connectivity index (χ1n) is 5.53. The summed E-state index contributed by atoms with van der Waals surface area (Å²) in [6, 6.07) is 0.158. The Labute approximate surface area is 91.5 Å². The van der Waals surface area contributed by atoms with E-state index >= 15 is 0 Å². The molecule has 1 amide bonds. The quantitative estimate of drug-likeness (QED) is 0.682. The van der Waals surface area contributed by atoms with E-state index in [0.717, 1.165) is 0 Å². The Hall–Kier alpha value is -0.610. The molecule has 3 N–H and O–H groups in total. The molecule has 1 unspecified atom stereocenters. The molecule has 0 aromatic heterocycles. The van der Waals surface area contributed by atoms with Crippen LogP contribution in [0.3, 0.4) is 0 Å². The summed E-state index contributed by atoms with van der Waals surface area (Å²) in [5, 5.41) is 2.98. The van der Waals surface area contributed by atoms with E-state index in [-0.39, 0.29) is 11.9 Å². The molecule has 0 aromatic carbocycles. The van der Waals surface area contributed by atoms with Gasteiger partial charge in [-0.25, -0.2) is 0 Å². The standard InChI is InChI=1S/C11H22N2O2/c1-11(2,15-3)6-10(14)13-9(7-12)8-4-5-8/h8-9H,4-7,12H2,1-3H3,(H,13,14). The normalized spacial score (nSPS) is 18.7. The van der Waals surface area contributed by atoms with Crippen LogP contribution in [0.4, 0.5) is 0 Å². The third-order valence-corrected chi connectivity index (χ3v) is 2.93. The fourth-order valence-corrected chi connectivity index (χ4v) is 1.58. The second-order valence-corrected chi connectivity index (χ2v) is 4.89. The van der Waals surface area contributed by atoms with Gasteiger partial charge in [0.05, 0.1) is 12.0 Å². The number of amides is 1. The number of ether oxygens (including phenoxy) is 1. The molecule has 0 bridgehead atoms. The lowest BCUT2D eigenvalue weighted by Crippen LogP contribution is -2.44. The Bertz CT molecular complexity index is 225. The highest BCUT2D eigenvalue weighted by Gasteiger charge is 2.32. The average Bonchev–Trinajstić information content (AvgIpc) is 2.97. The van der Waals surface area contributed by atoms with Gasteiger partial charge in [-0.15, -0.1) is 0 Å².